The van der Waals surface area contributed by atoms with Crippen LogP contribution in [0.1, 0.15) is 54.7 Å². The molecule has 1 aromatic carbocycles. The molecule has 0 radical (unpaired) electrons. The van der Waals surface area contributed by atoms with Crippen molar-refractivity contribution in [2.75, 3.05) is 38.7 Å². The van der Waals surface area contributed by atoms with E-state index in [1.165, 1.54) is 16.9 Å². The van der Waals surface area contributed by atoms with Gasteiger partial charge in [0.25, 0.3) is 5.91 Å². The number of carbonyl (C=O) groups is 2. The minimum Gasteiger partial charge on any atom is -0.383 e. The van der Waals surface area contributed by atoms with Crippen LogP contribution >= 0.6 is 11.3 Å². The Labute approximate surface area is 183 Å². The molecule has 0 atom stereocenters. The zero-order valence-corrected chi connectivity index (χ0v) is 19.3. The van der Waals surface area contributed by atoms with Gasteiger partial charge in [0.05, 0.1) is 13.2 Å². The van der Waals surface area contributed by atoms with Gasteiger partial charge in [-0.3, -0.25) is 4.79 Å². The van der Waals surface area contributed by atoms with E-state index in [9.17, 15) is 9.59 Å². The fourth-order valence-corrected chi connectivity index (χ4v) is 3.71. The van der Waals surface area contributed by atoms with Crippen LogP contribution in [-0.2, 0) is 11.3 Å². The smallest absolute Gasteiger partial charge is 0.322 e. The molecule has 0 unspecified atom stereocenters. The Bertz CT molecular complexity index is 816. The average Bonchev–Trinajstić information content (AvgIpc) is 3.20. The topological polar surface area (TPSA) is 74.8 Å². The lowest BCUT2D eigenvalue weighted by atomic mass is 10.0. The molecule has 164 valence electrons. The SMILES string of the molecule is CCN(CC)C(=O)c1csc(CN(CCOC)C(=O)Nc2ccc(C(C)C)cc2)n1. The van der Waals surface area contributed by atoms with E-state index in [0.29, 0.717) is 49.4 Å². The number of rotatable bonds is 10. The Hall–Kier alpha value is -2.45. The van der Waals surface area contributed by atoms with Crippen molar-refractivity contribution in [2.24, 2.45) is 0 Å². The summed E-state index contributed by atoms with van der Waals surface area (Å²) in [4.78, 5) is 33.2. The maximum absolute atomic E-state index is 12.8. The molecule has 0 aliphatic rings. The van der Waals surface area contributed by atoms with Crippen molar-refractivity contribution in [1.82, 2.24) is 14.8 Å². The van der Waals surface area contributed by atoms with Gasteiger partial charge in [0.2, 0.25) is 0 Å². The summed E-state index contributed by atoms with van der Waals surface area (Å²) in [6.45, 7) is 10.6. The zero-order valence-electron chi connectivity index (χ0n) is 18.5. The van der Waals surface area contributed by atoms with E-state index < -0.39 is 0 Å². The quantitative estimate of drug-likeness (QED) is 0.603. The second kappa shape index (κ2) is 11.7. The van der Waals surface area contributed by atoms with Gasteiger partial charge in [-0.05, 0) is 37.5 Å². The van der Waals surface area contributed by atoms with Crippen molar-refractivity contribution in [3.05, 3.63) is 45.9 Å². The number of aromatic nitrogens is 1. The van der Waals surface area contributed by atoms with Crippen LogP contribution in [0.5, 0.6) is 0 Å². The van der Waals surface area contributed by atoms with Gasteiger partial charge in [-0.25, -0.2) is 9.78 Å². The monoisotopic (exact) mass is 432 g/mol. The van der Waals surface area contributed by atoms with E-state index in [0.717, 1.165) is 5.69 Å². The highest BCUT2D eigenvalue weighted by Gasteiger charge is 2.19. The Balaban J connectivity index is 2.08. The Morgan fingerprint density at radius 2 is 1.80 bits per heavy atom. The standard InChI is InChI=1S/C22H32N4O3S/c1-6-25(7-2)21(27)19-15-30-20(24-19)14-26(12-13-29-5)22(28)23-18-10-8-17(9-11-18)16(3)4/h8-11,15-16H,6-7,12-14H2,1-5H3,(H,23,28). The number of amides is 3. The molecule has 0 spiro atoms. The second-order valence-corrected chi connectivity index (χ2v) is 8.17. The number of benzene rings is 1. The minimum atomic E-state index is -0.226. The van der Waals surface area contributed by atoms with Crippen LogP contribution in [0.3, 0.4) is 0 Å². The number of carbonyl (C=O) groups excluding carboxylic acids is 2. The van der Waals surface area contributed by atoms with Crippen LogP contribution in [0.25, 0.3) is 0 Å². The van der Waals surface area contributed by atoms with Gasteiger partial charge in [0, 0.05) is 37.8 Å². The minimum absolute atomic E-state index is 0.0827. The van der Waals surface area contributed by atoms with Crippen molar-refractivity contribution < 1.29 is 14.3 Å². The van der Waals surface area contributed by atoms with Gasteiger partial charge in [-0.15, -0.1) is 11.3 Å². The molecule has 0 aliphatic carbocycles. The fraction of sp³-hybridized carbons (Fsp3) is 0.500. The Morgan fingerprint density at radius 3 is 2.37 bits per heavy atom. The van der Waals surface area contributed by atoms with E-state index in [-0.39, 0.29) is 11.9 Å². The van der Waals surface area contributed by atoms with Crippen molar-refractivity contribution in [1.29, 1.82) is 0 Å². The van der Waals surface area contributed by atoms with E-state index in [2.05, 4.69) is 24.1 Å². The van der Waals surface area contributed by atoms with Crippen LogP contribution in [0.4, 0.5) is 10.5 Å². The lowest BCUT2D eigenvalue weighted by Gasteiger charge is -2.22. The summed E-state index contributed by atoms with van der Waals surface area (Å²) >= 11 is 1.39. The number of urea groups is 1. The third-order valence-corrected chi connectivity index (χ3v) is 5.66. The fourth-order valence-electron chi connectivity index (χ4n) is 2.93. The molecule has 0 aliphatic heterocycles. The average molecular weight is 433 g/mol. The molecule has 3 amide bonds. The molecule has 1 heterocycles. The molecular weight excluding hydrogens is 400 g/mol. The third-order valence-electron chi connectivity index (χ3n) is 4.83. The highest BCUT2D eigenvalue weighted by molar-refractivity contribution is 7.09. The highest BCUT2D eigenvalue weighted by Crippen LogP contribution is 2.19. The zero-order chi connectivity index (χ0) is 22.1. The number of anilines is 1. The predicted molar refractivity (Wildman–Crippen MR) is 121 cm³/mol. The molecule has 0 bridgehead atoms. The number of nitrogens with zero attached hydrogens (tertiary/aromatic N) is 3. The molecular formula is C22H32N4O3S. The van der Waals surface area contributed by atoms with Gasteiger partial charge in [0.1, 0.15) is 10.7 Å². The number of hydrogen-bond acceptors (Lipinski definition) is 5. The van der Waals surface area contributed by atoms with Crippen LogP contribution in [-0.4, -0.2) is 60.1 Å². The molecule has 0 fully saturated rings. The van der Waals surface area contributed by atoms with Gasteiger partial charge in [-0.2, -0.15) is 0 Å². The molecule has 0 saturated carbocycles. The maximum atomic E-state index is 12.8. The number of nitrogens with one attached hydrogen (secondary N) is 1. The first-order valence-corrected chi connectivity index (χ1v) is 11.2. The number of methoxy groups -OCH3 is 1. The van der Waals surface area contributed by atoms with Gasteiger partial charge < -0.3 is 19.9 Å². The molecule has 8 heteroatoms. The summed E-state index contributed by atoms with van der Waals surface area (Å²) in [6, 6.07) is 7.63. The lowest BCUT2D eigenvalue weighted by Crippen LogP contribution is -2.37. The summed E-state index contributed by atoms with van der Waals surface area (Å²) in [5.41, 5.74) is 2.39. The summed E-state index contributed by atoms with van der Waals surface area (Å²) < 4.78 is 5.16. The Kier molecular flexibility index (Phi) is 9.26. The number of hydrogen-bond donors (Lipinski definition) is 1. The lowest BCUT2D eigenvalue weighted by molar-refractivity contribution is 0.0767. The van der Waals surface area contributed by atoms with E-state index in [1.807, 2.05) is 38.1 Å². The molecule has 2 rings (SSSR count). The second-order valence-electron chi connectivity index (χ2n) is 7.23. The van der Waals surface area contributed by atoms with Crippen LogP contribution in [0.15, 0.2) is 29.6 Å². The normalized spacial score (nSPS) is 10.9. The predicted octanol–water partition coefficient (Wildman–Crippen LogP) is 4.43. The number of ether oxygens (including phenoxy) is 1. The highest BCUT2D eigenvalue weighted by atomic mass is 32.1. The van der Waals surface area contributed by atoms with E-state index in [1.54, 1.807) is 22.3 Å². The third kappa shape index (κ3) is 6.53. The maximum Gasteiger partial charge on any atom is 0.322 e. The Morgan fingerprint density at radius 1 is 1.13 bits per heavy atom. The summed E-state index contributed by atoms with van der Waals surface area (Å²) in [5, 5.41) is 5.41. The first-order chi connectivity index (χ1) is 14.4. The van der Waals surface area contributed by atoms with Crippen molar-refractivity contribution in [3.8, 4) is 0 Å². The largest absolute Gasteiger partial charge is 0.383 e. The van der Waals surface area contributed by atoms with Crippen LogP contribution in [0.2, 0.25) is 0 Å². The summed E-state index contributed by atoms with van der Waals surface area (Å²) in [5.74, 6) is 0.353. The molecule has 7 nitrogen and oxygen atoms in total. The van der Waals surface area contributed by atoms with Crippen LogP contribution in [0, 0.1) is 0 Å². The molecule has 0 saturated heterocycles. The van der Waals surface area contributed by atoms with Crippen molar-refractivity contribution in [3.63, 3.8) is 0 Å². The molecule has 2 aromatic rings. The van der Waals surface area contributed by atoms with E-state index >= 15 is 0 Å². The van der Waals surface area contributed by atoms with Gasteiger partial charge in [0.15, 0.2) is 0 Å². The summed E-state index contributed by atoms with van der Waals surface area (Å²) in [7, 11) is 1.60. The number of thiazole rings is 1. The molecule has 30 heavy (non-hydrogen) atoms. The van der Waals surface area contributed by atoms with E-state index in [4.69, 9.17) is 4.74 Å². The van der Waals surface area contributed by atoms with Gasteiger partial charge in [-0.1, -0.05) is 26.0 Å². The van der Waals surface area contributed by atoms with Crippen molar-refractivity contribution in [2.45, 2.75) is 40.2 Å². The summed E-state index contributed by atoms with van der Waals surface area (Å²) in [6.07, 6.45) is 0. The first-order valence-electron chi connectivity index (χ1n) is 10.3. The van der Waals surface area contributed by atoms with Crippen LogP contribution < -0.4 is 5.32 Å². The van der Waals surface area contributed by atoms with Gasteiger partial charge >= 0.3 is 6.03 Å². The first kappa shape index (κ1) is 23.8. The molecule has 1 N–H and O–H groups in total. The van der Waals surface area contributed by atoms with Crippen molar-refractivity contribution >= 4 is 29.0 Å². The molecule has 1 aromatic heterocycles.